The van der Waals surface area contributed by atoms with E-state index in [1.807, 2.05) is 13.8 Å². The Hall–Kier alpha value is -0.790. The smallest absolute Gasteiger partial charge is 0.114 e. The van der Waals surface area contributed by atoms with E-state index in [2.05, 4.69) is 11.7 Å². The Morgan fingerprint density at radius 1 is 1.88 bits per heavy atom. The predicted molar refractivity (Wildman–Crippen MR) is 34.9 cm³/mol. The van der Waals surface area contributed by atoms with E-state index >= 15 is 0 Å². The number of oxime groups is 1. The summed E-state index contributed by atoms with van der Waals surface area (Å²) in [5, 5.41) is 3.66. The molecule has 0 aliphatic rings. The molecule has 0 aromatic carbocycles. The van der Waals surface area contributed by atoms with Crippen LogP contribution < -0.4 is 0 Å². The minimum absolute atomic E-state index is 0.616. The monoisotopic (exact) mass is 113 g/mol. The molecule has 8 heavy (non-hydrogen) atoms. The summed E-state index contributed by atoms with van der Waals surface area (Å²) in [6.07, 6.45) is 1.65. The SMILES string of the molecule is C=CC(C)=NOCC. The molecule has 0 radical (unpaired) electrons. The molecule has 0 aromatic rings. The molecule has 0 atom stereocenters. The molecule has 0 aliphatic carbocycles. The lowest BCUT2D eigenvalue weighted by Gasteiger charge is -1.90. The standard InChI is InChI=1S/C6H11NO/c1-4-6(3)7-8-5-2/h4H,1,5H2,2-3H3. The quantitative estimate of drug-likeness (QED) is 0.402. The molecule has 0 saturated carbocycles. The van der Waals surface area contributed by atoms with E-state index in [9.17, 15) is 0 Å². The molecule has 46 valence electrons. The highest BCUT2D eigenvalue weighted by Gasteiger charge is 1.77. The maximum absolute atomic E-state index is 4.70. The Balaban J connectivity index is 3.40. The van der Waals surface area contributed by atoms with Crippen LogP contribution in [0.2, 0.25) is 0 Å². The van der Waals surface area contributed by atoms with E-state index in [4.69, 9.17) is 4.84 Å². The lowest BCUT2D eigenvalue weighted by atomic mass is 10.4. The van der Waals surface area contributed by atoms with Crippen LogP contribution in [-0.2, 0) is 4.84 Å². The van der Waals surface area contributed by atoms with Crippen LogP contribution in [0.4, 0.5) is 0 Å². The summed E-state index contributed by atoms with van der Waals surface area (Å²) in [7, 11) is 0. The van der Waals surface area contributed by atoms with Crippen molar-refractivity contribution in [3.8, 4) is 0 Å². The van der Waals surface area contributed by atoms with Gasteiger partial charge in [0.15, 0.2) is 0 Å². The molecule has 0 aromatic heterocycles. The number of rotatable bonds is 3. The lowest BCUT2D eigenvalue weighted by molar-refractivity contribution is 0.159. The van der Waals surface area contributed by atoms with Crippen LogP contribution in [-0.4, -0.2) is 12.3 Å². The highest BCUT2D eigenvalue weighted by atomic mass is 16.6. The summed E-state index contributed by atoms with van der Waals surface area (Å²) in [5.41, 5.74) is 0.812. The second-order valence-corrected chi connectivity index (χ2v) is 1.35. The zero-order valence-corrected chi connectivity index (χ0v) is 5.35. The zero-order chi connectivity index (χ0) is 6.41. The number of nitrogens with zero attached hydrogens (tertiary/aromatic N) is 1. The first-order chi connectivity index (χ1) is 3.81. The summed E-state index contributed by atoms with van der Waals surface area (Å²) >= 11 is 0. The van der Waals surface area contributed by atoms with Crippen LogP contribution in [0, 0.1) is 0 Å². The van der Waals surface area contributed by atoms with Crippen LogP contribution in [0.5, 0.6) is 0 Å². The minimum atomic E-state index is 0.616. The van der Waals surface area contributed by atoms with E-state index in [-0.39, 0.29) is 0 Å². The zero-order valence-electron chi connectivity index (χ0n) is 5.35. The summed E-state index contributed by atoms with van der Waals surface area (Å²) in [4.78, 5) is 4.70. The molecule has 0 unspecified atom stereocenters. The number of hydrogen-bond acceptors (Lipinski definition) is 2. The summed E-state index contributed by atoms with van der Waals surface area (Å²) < 4.78 is 0. The van der Waals surface area contributed by atoms with Crippen molar-refractivity contribution in [1.82, 2.24) is 0 Å². The van der Waals surface area contributed by atoms with E-state index in [1.165, 1.54) is 0 Å². The van der Waals surface area contributed by atoms with Gasteiger partial charge in [-0.2, -0.15) is 0 Å². The fourth-order valence-electron chi connectivity index (χ4n) is 0.204. The third kappa shape index (κ3) is 3.40. The van der Waals surface area contributed by atoms with Crippen molar-refractivity contribution in [2.75, 3.05) is 6.61 Å². The van der Waals surface area contributed by atoms with Crippen LogP contribution in [0.3, 0.4) is 0 Å². The molecule has 0 amide bonds. The van der Waals surface area contributed by atoms with Gasteiger partial charge in [-0.3, -0.25) is 0 Å². The molecule has 0 N–H and O–H groups in total. The fourth-order valence-corrected chi connectivity index (χ4v) is 0.204. The highest BCUT2D eigenvalue weighted by molar-refractivity contribution is 5.91. The van der Waals surface area contributed by atoms with Crippen molar-refractivity contribution in [1.29, 1.82) is 0 Å². The van der Waals surface area contributed by atoms with Crippen molar-refractivity contribution in [2.24, 2.45) is 5.16 Å². The van der Waals surface area contributed by atoms with Crippen LogP contribution >= 0.6 is 0 Å². The van der Waals surface area contributed by atoms with Gasteiger partial charge in [0.25, 0.3) is 0 Å². The van der Waals surface area contributed by atoms with Gasteiger partial charge in [0.05, 0.1) is 5.71 Å². The average molecular weight is 113 g/mol. The molecule has 0 spiro atoms. The van der Waals surface area contributed by atoms with Gasteiger partial charge >= 0.3 is 0 Å². The van der Waals surface area contributed by atoms with Gasteiger partial charge in [0.2, 0.25) is 0 Å². The first-order valence-corrected chi connectivity index (χ1v) is 2.60. The van der Waals surface area contributed by atoms with E-state index in [0.29, 0.717) is 6.61 Å². The Bertz CT molecular complexity index is 96.7. The molecule has 0 fully saturated rings. The van der Waals surface area contributed by atoms with Gasteiger partial charge in [0, 0.05) is 0 Å². The van der Waals surface area contributed by atoms with Crippen molar-refractivity contribution in [3.63, 3.8) is 0 Å². The summed E-state index contributed by atoms with van der Waals surface area (Å²) in [6, 6.07) is 0. The predicted octanol–water partition coefficient (Wildman–Crippen LogP) is 1.58. The Kier molecular flexibility index (Phi) is 3.94. The van der Waals surface area contributed by atoms with Gasteiger partial charge in [-0.1, -0.05) is 11.7 Å². The second-order valence-electron chi connectivity index (χ2n) is 1.35. The van der Waals surface area contributed by atoms with E-state index < -0.39 is 0 Å². The maximum Gasteiger partial charge on any atom is 0.114 e. The normalized spacial score (nSPS) is 11.0. The van der Waals surface area contributed by atoms with Crippen molar-refractivity contribution < 1.29 is 4.84 Å². The van der Waals surface area contributed by atoms with E-state index in [1.54, 1.807) is 6.08 Å². The Morgan fingerprint density at radius 3 is 2.88 bits per heavy atom. The fraction of sp³-hybridized carbons (Fsp3) is 0.500. The lowest BCUT2D eigenvalue weighted by Crippen LogP contribution is -1.86. The first kappa shape index (κ1) is 7.21. The maximum atomic E-state index is 4.70. The van der Waals surface area contributed by atoms with Crippen molar-refractivity contribution in [2.45, 2.75) is 13.8 Å². The van der Waals surface area contributed by atoms with Gasteiger partial charge in [-0.25, -0.2) is 0 Å². The van der Waals surface area contributed by atoms with Crippen LogP contribution in [0.25, 0.3) is 0 Å². The molecule has 0 bridgehead atoms. The van der Waals surface area contributed by atoms with E-state index in [0.717, 1.165) is 5.71 Å². The molecule has 2 nitrogen and oxygen atoms in total. The Labute approximate surface area is 49.8 Å². The number of hydrogen-bond donors (Lipinski definition) is 0. The minimum Gasteiger partial charge on any atom is -0.396 e. The molecular formula is C6H11NO. The summed E-state index contributed by atoms with van der Waals surface area (Å²) in [6.45, 7) is 7.84. The number of allylic oxidation sites excluding steroid dienone is 1. The first-order valence-electron chi connectivity index (χ1n) is 2.60. The summed E-state index contributed by atoms with van der Waals surface area (Å²) in [5.74, 6) is 0. The molecule has 0 rings (SSSR count). The second kappa shape index (κ2) is 4.37. The Morgan fingerprint density at radius 2 is 2.50 bits per heavy atom. The van der Waals surface area contributed by atoms with Gasteiger partial charge in [-0.15, -0.1) is 0 Å². The molecule has 2 heteroatoms. The topological polar surface area (TPSA) is 21.6 Å². The molecule has 0 saturated heterocycles. The van der Waals surface area contributed by atoms with Gasteiger partial charge < -0.3 is 4.84 Å². The molecule has 0 heterocycles. The molecule has 0 aliphatic heterocycles. The van der Waals surface area contributed by atoms with Crippen molar-refractivity contribution >= 4 is 5.71 Å². The third-order valence-corrected chi connectivity index (χ3v) is 0.633. The highest BCUT2D eigenvalue weighted by Crippen LogP contribution is 1.79. The van der Waals surface area contributed by atoms with Gasteiger partial charge in [-0.05, 0) is 19.9 Å². The largest absolute Gasteiger partial charge is 0.396 e. The van der Waals surface area contributed by atoms with Crippen LogP contribution in [0.15, 0.2) is 17.8 Å². The third-order valence-electron chi connectivity index (χ3n) is 0.633. The average Bonchev–Trinajstić information content (AvgIpc) is 1.83. The van der Waals surface area contributed by atoms with Crippen LogP contribution in [0.1, 0.15) is 13.8 Å². The molecular weight excluding hydrogens is 102 g/mol. The van der Waals surface area contributed by atoms with Gasteiger partial charge in [0.1, 0.15) is 6.61 Å². The van der Waals surface area contributed by atoms with Crippen molar-refractivity contribution in [3.05, 3.63) is 12.7 Å².